The van der Waals surface area contributed by atoms with E-state index in [1.165, 1.54) is 31.7 Å². The van der Waals surface area contributed by atoms with Gasteiger partial charge in [0, 0.05) is 62.0 Å². The zero-order valence-electron chi connectivity index (χ0n) is 26.0. The van der Waals surface area contributed by atoms with Gasteiger partial charge < -0.3 is 33.3 Å². The van der Waals surface area contributed by atoms with Crippen molar-refractivity contribution in [1.82, 2.24) is 14.9 Å². The van der Waals surface area contributed by atoms with E-state index in [1.807, 2.05) is 6.07 Å². The minimum atomic E-state index is -2.17. The van der Waals surface area contributed by atoms with Crippen molar-refractivity contribution in [2.75, 3.05) is 26.9 Å². The van der Waals surface area contributed by atoms with E-state index in [-0.39, 0.29) is 56.0 Å². The molecule has 4 heterocycles. The van der Waals surface area contributed by atoms with Gasteiger partial charge in [0.25, 0.3) is 5.56 Å². The Bertz CT molecular complexity index is 2010. The second kappa shape index (κ2) is 16.0. The smallest absolute Gasteiger partial charge is 0.336 e. The van der Waals surface area contributed by atoms with Crippen LogP contribution in [0.5, 0.6) is 5.75 Å². The maximum absolute atomic E-state index is 12.5. The number of Topliss-reactive ketones (excluding diaryl/α,β-unsaturated/α-hetero) is 1. The summed E-state index contributed by atoms with van der Waals surface area (Å²) < 4.78 is 34.2. The van der Waals surface area contributed by atoms with Crippen LogP contribution in [-0.4, -0.2) is 66.6 Å². The van der Waals surface area contributed by atoms with Crippen molar-refractivity contribution in [3.05, 3.63) is 79.6 Å². The average molecular weight is 684 g/mol. The van der Waals surface area contributed by atoms with Gasteiger partial charge in [0.2, 0.25) is 19.7 Å². The van der Waals surface area contributed by atoms with E-state index in [0.29, 0.717) is 29.6 Å². The molecule has 1 saturated heterocycles. The summed E-state index contributed by atoms with van der Waals surface area (Å²) in [6.45, 7) is 0.540. The number of aromatic nitrogens is 2. The molecule has 5 rings (SSSR count). The number of furan rings is 1. The molecule has 1 aliphatic rings. The van der Waals surface area contributed by atoms with E-state index >= 15 is 0 Å². The predicted octanol–water partition coefficient (Wildman–Crippen LogP) is 2.15. The first kappa shape index (κ1) is 34.7. The number of amides is 1. The van der Waals surface area contributed by atoms with Crippen molar-refractivity contribution in [2.45, 2.75) is 50.5 Å². The molecule has 1 amide bonds. The number of benzene rings is 1. The maximum Gasteiger partial charge on any atom is 0.336 e. The van der Waals surface area contributed by atoms with Crippen LogP contribution in [0.1, 0.15) is 43.9 Å². The molecule has 0 aliphatic carbocycles. The van der Waals surface area contributed by atoms with Gasteiger partial charge in [-0.3, -0.25) is 23.9 Å². The van der Waals surface area contributed by atoms with Crippen LogP contribution in [0.25, 0.3) is 28.0 Å². The van der Waals surface area contributed by atoms with Gasteiger partial charge in [-0.1, -0.05) is 0 Å². The molecule has 4 aromatic rings. The van der Waals surface area contributed by atoms with Gasteiger partial charge in [-0.15, -0.1) is 0 Å². The lowest BCUT2D eigenvalue weighted by Crippen LogP contribution is -2.33. The Morgan fingerprint density at radius 2 is 1.96 bits per heavy atom. The number of hydrogen-bond acceptors (Lipinski definition) is 12. The quantitative estimate of drug-likeness (QED) is 0.0755. The molecular weight excluding hydrogens is 649 g/mol. The second-order valence-electron chi connectivity index (χ2n) is 11.0. The Balaban J connectivity index is 1.06. The Kier molecular flexibility index (Phi) is 11.5. The summed E-state index contributed by atoms with van der Waals surface area (Å²) in [6, 6.07) is 6.58. The third kappa shape index (κ3) is 8.62. The zero-order valence-corrected chi connectivity index (χ0v) is 26.9. The van der Waals surface area contributed by atoms with E-state index in [9.17, 15) is 28.9 Å². The normalized spacial score (nSPS) is 18.1. The fourth-order valence-electron chi connectivity index (χ4n) is 5.31. The van der Waals surface area contributed by atoms with E-state index < -0.39 is 49.2 Å². The highest BCUT2D eigenvalue weighted by molar-refractivity contribution is 7.43. The molecule has 0 spiro atoms. The number of carbonyl (C=O) groups excluding carboxylic acids is 2. The Morgan fingerprint density at radius 1 is 1.17 bits per heavy atom. The summed E-state index contributed by atoms with van der Waals surface area (Å²) in [5, 5.41) is 4.14. The number of rotatable bonds is 16. The summed E-state index contributed by atoms with van der Waals surface area (Å²) in [5.41, 5.74) is -1.19. The Morgan fingerprint density at radius 3 is 2.75 bits per heavy atom. The van der Waals surface area contributed by atoms with Crippen molar-refractivity contribution < 1.29 is 42.1 Å². The van der Waals surface area contributed by atoms with Crippen LogP contribution in [0, 0.1) is 0 Å². The molecule has 15 nitrogen and oxygen atoms in total. The number of nitrogens with one attached hydrogen (secondary N) is 2. The summed E-state index contributed by atoms with van der Waals surface area (Å²) in [7, 11) is -0.713. The average Bonchev–Trinajstić information content (AvgIpc) is 3.67. The maximum atomic E-state index is 12.5. The third-order valence-corrected chi connectivity index (χ3v) is 8.05. The molecule has 3 aromatic heterocycles. The molecular formula is C32H34N3O12P. The molecule has 2 N–H and O–H groups in total. The number of hydrogen-bond donors (Lipinski definition) is 2. The van der Waals surface area contributed by atoms with Gasteiger partial charge in [0.05, 0.1) is 25.0 Å². The SMILES string of the molecule is C=[P+]([O-])OC1C[C@H](n2cc(/C=C/C(=O)NCCCC(=O)CCCOc3c4occc4cc4ccc(=O)oc34)c(=O)[nH]c2=O)O[C@@H]1COC. The minimum Gasteiger partial charge on any atom is -0.603 e. The number of nitrogens with zero attached hydrogens (tertiary/aromatic N) is 1. The number of ether oxygens (including phenoxy) is 3. The number of H-pyrrole nitrogens is 1. The molecule has 16 heteroatoms. The lowest BCUT2D eigenvalue weighted by molar-refractivity contribution is -0.177. The molecule has 48 heavy (non-hydrogen) atoms. The first-order valence-corrected chi connectivity index (χ1v) is 16.5. The van der Waals surface area contributed by atoms with Crippen LogP contribution in [0.3, 0.4) is 0 Å². The molecule has 0 bridgehead atoms. The predicted molar refractivity (Wildman–Crippen MR) is 174 cm³/mol. The lowest BCUT2D eigenvalue weighted by Gasteiger charge is -2.16. The fourth-order valence-corrected chi connectivity index (χ4v) is 5.83. The molecule has 2 unspecified atom stereocenters. The van der Waals surface area contributed by atoms with Crippen molar-refractivity contribution >= 4 is 54.0 Å². The molecule has 1 aromatic carbocycles. The number of ketones is 1. The van der Waals surface area contributed by atoms with Crippen molar-refractivity contribution in [1.29, 1.82) is 0 Å². The molecule has 0 radical (unpaired) electrons. The van der Waals surface area contributed by atoms with Gasteiger partial charge in [-0.2, -0.15) is 4.52 Å². The Labute approximate surface area is 273 Å². The van der Waals surface area contributed by atoms with Gasteiger partial charge in [-0.05, 0) is 37.1 Å². The highest BCUT2D eigenvalue weighted by Gasteiger charge is 2.40. The fraction of sp³-hybridized carbons (Fsp3) is 0.375. The summed E-state index contributed by atoms with van der Waals surface area (Å²) in [6.07, 6.45) is 7.89. The second-order valence-corrected chi connectivity index (χ2v) is 11.9. The Hall–Kier alpha value is -4.66. The van der Waals surface area contributed by atoms with Crippen LogP contribution in [0.2, 0.25) is 0 Å². The summed E-state index contributed by atoms with van der Waals surface area (Å²) >= 11 is 0. The third-order valence-electron chi connectivity index (χ3n) is 7.55. The molecule has 1 fully saturated rings. The standard InChI is InChI=1S/C32H34N3O12P/c1-42-18-24-23(47-48(2)41)16-26(45-24)35-17-21(31(39)34-32(35)40)7-9-25(37)33-12-3-5-22(36)6-4-13-43-30-28-20(11-14-44-28)15-19-8-10-27(38)46-29(19)30/h7-11,14-15,17,23-24,26H,2-6,12-13,16,18H2,1H3,(H,33,37)(H,34,39,40)/b9-7+/t23?,24-,26-/m1/s1. The van der Waals surface area contributed by atoms with Crippen molar-refractivity contribution in [2.24, 2.45) is 0 Å². The molecule has 4 atom stereocenters. The van der Waals surface area contributed by atoms with Gasteiger partial charge >= 0.3 is 11.3 Å². The first-order valence-electron chi connectivity index (χ1n) is 15.1. The van der Waals surface area contributed by atoms with Crippen molar-refractivity contribution in [3.8, 4) is 5.75 Å². The van der Waals surface area contributed by atoms with Crippen LogP contribution in [-0.2, 0) is 23.6 Å². The first-order chi connectivity index (χ1) is 23.1. The minimum absolute atomic E-state index is 0.0126. The monoisotopic (exact) mass is 683 g/mol. The molecule has 0 saturated carbocycles. The van der Waals surface area contributed by atoms with Crippen LogP contribution >= 0.6 is 8.00 Å². The van der Waals surface area contributed by atoms with Crippen molar-refractivity contribution in [3.63, 3.8) is 0 Å². The number of carbonyl (C=O) groups is 2. The van der Waals surface area contributed by atoms with E-state index in [0.717, 1.165) is 16.0 Å². The highest BCUT2D eigenvalue weighted by atomic mass is 31.1. The van der Waals surface area contributed by atoms with E-state index in [4.69, 9.17) is 27.6 Å². The molecule has 254 valence electrons. The van der Waals surface area contributed by atoms with Gasteiger partial charge in [0.1, 0.15) is 30.5 Å². The topological polar surface area (TPSA) is 204 Å². The number of aromatic amines is 1. The van der Waals surface area contributed by atoms with Crippen LogP contribution in [0.15, 0.2) is 66.0 Å². The van der Waals surface area contributed by atoms with Gasteiger partial charge in [-0.25, -0.2) is 9.59 Å². The summed E-state index contributed by atoms with van der Waals surface area (Å²) in [5.74, 6) is -0.200. The van der Waals surface area contributed by atoms with Gasteiger partial charge in [0.15, 0.2) is 11.2 Å². The lowest BCUT2D eigenvalue weighted by atomic mass is 10.1. The highest BCUT2D eigenvalue weighted by Crippen LogP contribution is 2.35. The number of methoxy groups -OCH3 is 1. The van der Waals surface area contributed by atoms with Crippen LogP contribution in [0.4, 0.5) is 0 Å². The zero-order chi connectivity index (χ0) is 34.2. The molecule has 1 aliphatic heterocycles. The van der Waals surface area contributed by atoms with Crippen LogP contribution < -0.4 is 31.8 Å². The largest absolute Gasteiger partial charge is 0.603 e. The number of fused-ring (bicyclic) bond motifs is 2. The van der Waals surface area contributed by atoms with E-state index in [1.54, 1.807) is 12.1 Å². The van der Waals surface area contributed by atoms with E-state index in [2.05, 4.69) is 16.6 Å². The summed E-state index contributed by atoms with van der Waals surface area (Å²) in [4.78, 5) is 75.2.